The average molecular weight is 549 g/mol. The van der Waals surface area contributed by atoms with Gasteiger partial charge in [-0.15, -0.1) is 0 Å². The number of pyridine rings is 1. The summed E-state index contributed by atoms with van der Waals surface area (Å²) in [5, 5.41) is 0.367. The highest BCUT2D eigenvalue weighted by Gasteiger charge is 2.46. The summed E-state index contributed by atoms with van der Waals surface area (Å²) in [4.78, 5) is 20.8. The molecule has 3 saturated heterocycles. The maximum atomic E-state index is 15.3. The number of fused-ring (bicyclic) bond motifs is 4. The smallest absolute Gasteiger partial charge is 0.319 e. The second kappa shape index (κ2) is 9.39. The van der Waals surface area contributed by atoms with Gasteiger partial charge in [0.05, 0.1) is 10.9 Å². The fourth-order valence-corrected chi connectivity index (χ4v) is 7.61. The predicted octanol–water partition coefficient (Wildman–Crippen LogP) is 5.19. The fourth-order valence-electron chi connectivity index (χ4n) is 7.47. The molecule has 4 aliphatic rings. The summed E-state index contributed by atoms with van der Waals surface area (Å²) in [5.74, 6) is 0.0234. The first kappa shape index (κ1) is 25.2. The highest BCUT2D eigenvalue weighted by molar-refractivity contribution is 6.30. The molecule has 7 nitrogen and oxygen atoms in total. The third-order valence-electron chi connectivity index (χ3n) is 9.39. The Morgan fingerprint density at radius 1 is 1.05 bits per heavy atom. The van der Waals surface area contributed by atoms with E-state index in [0.29, 0.717) is 17.8 Å². The van der Waals surface area contributed by atoms with Crippen LogP contribution in [-0.2, 0) is 5.54 Å². The first-order valence-corrected chi connectivity index (χ1v) is 14.4. The van der Waals surface area contributed by atoms with Crippen molar-refractivity contribution in [1.29, 1.82) is 0 Å². The molecule has 2 aromatic heterocycles. The maximum absolute atomic E-state index is 15.3. The van der Waals surface area contributed by atoms with Crippen LogP contribution in [0.25, 0.3) is 10.9 Å². The second-order valence-electron chi connectivity index (χ2n) is 11.9. The SMILES string of the molecule is CC(C)(c1ccccc1)N1C2C=CC1CN(c1nc(OCC34CCCN3CCC4)nc3c(F)c(Cl)ncc13)C2. The minimum atomic E-state index is -0.630. The minimum absolute atomic E-state index is 0.0462. The molecule has 9 heteroatoms. The third kappa shape index (κ3) is 4.10. The molecule has 4 aliphatic heterocycles. The van der Waals surface area contributed by atoms with Crippen molar-refractivity contribution in [1.82, 2.24) is 24.8 Å². The Balaban J connectivity index is 1.21. The van der Waals surface area contributed by atoms with E-state index in [1.165, 1.54) is 18.4 Å². The van der Waals surface area contributed by atoms with Crippen molar-refractivity contribution in [3.05, 3.63) is 65.2 Å². The number of nitrogens with zero attached hydrogens (tertiary/aromatic N) is 6. The first-order chi connectivity index (χ1) is 18.9. The van der Waals surface area contributed by atoms with Gasteiger partial charge in [-0.3, -0.25) is 9.80 Å². The van der Waals surface area contributed by atoms with E-state index in [1.807, 2.05) is 0 Å². The number of halogens is 2. The Labute approximate surface area is 233 Å². The van der Waals surface area contributed by atoms with E-state index in [1.54, 1.807) is 6.20 Å². The van der Waals surface area contributed by atoms with Gasteiger partial charge in [-0.2, -0.15) is 9.97 Å². The van der Waals surface area contributed by atoms with Crippen molar-refractivity contribution in [3.8, 4) is 6.01 Å². The molecule has 204 valence electrons. The van der Waals surface area contributed by atoms with Crippen LogP contribution in [0.3, 0.4) is 0 Å². The fraction of sp³-hybridized carbons (Fsp3) is 0.500. The molecule has 1 aromatic carbocycles. The highest BCUT2D eigenvalue weighted by atomic mass is 35.5. The summed E-state index contributed by atoms with van der Waals surface area (Å²) in [7, 11) is 0. The third-order valence-corrected chi connectivity index (χ3v) is 9.66. The Kier molecular flexibility index (Phi) is 6.06. The van der Waals surface area contributed by atoms with Gasteiger partial charge in [0, 0.05) is 36.9 Å². The van der Waals surface area contributed by atoms with Crippen LogP contribution in [0.1, 0.15) is 45.1 Å². The van der Waals surface area contributed by atoms with Crippen molar-refractivity contribution in [3.63, 3.8) is 0 Å². The average Bonchev–Trinajstić information content (AvgIpc) is 3.61. The predicted molar refractivity (Wildman–Crippen MR) is 151 cm³/mol. The Hall–Kier alpha value is -2.81. The number of aromatic nitrogens is 3. The summed E-state index contributed by atoms with van der Waals surface area (Å²) in [6.07, 6.45) is 10.8. The van der Waals surface area contributed by atoms with Crippen LogP contribution >= 0.6 is 11.6 Å². The molecule has 0 aliphatic carbocycles. The zero-order valence-electron chi connectivity index (χ0n) is 22.5. The summed E-state index contributed by atoms with van der Waals surface area (Å²) in [5.41, 5.74) is 1.34. The van der Waals surface area contributed by atoms with E-state index in [9.17, 15) is 0 Å². The molecule has 6 heterocycles. The first-order valence-electron chi connectivity index (χ1n) is 14.0. The molecule has 2 unspecified atom stereocenters. The zero-order valence-corrected chi connectivity index (χ0v) is 23.2. The molecule has 0 N–H and O–H groups in total. The molecular formula is C30H34ClFN6O. The molecule has 0 spiro atoms. The van der Waals surface area contributed by atoms with E-state index < -0.39 is 5.82 Å². The number of rotatable bonds is 6. The molecule has 2 bridgehead atoms. The van der Waals surface area contributed by atoms with Gasteiger partial charge in [-0.05, 0) is 58.2 Å². The van der Waals surface area contributed by atoms with Gasteiger partial charge in [-0.25, -0.2) is 9.37 Å². The van der Waals surface area contributed by atoms with Gasteiger partial charge in [0.1, 0.15) is 17.9 Å². The number of ether oxygens (including phenoxy) is 1. The molecule has 39 heavy (non-hydrogen) atoms. The highest BCUT2D eigenvalue weighted by Crippen LogP contribution is 2.41. The van der Waals surface area contributed by atoms with Gasteiger partial charge in [0.15, 0.2) is 11.0 Å². The lowest BCUT2D eigenvalue weighted by atomic mass is 9.89. The standard InChI is InChI=1S/C30H34ClFN6O/c1-29(2,20-8-4-3-5-9-20)38-21-10-11-22(38)18-36(17-21)27-23-16-33-26(31)24(32)25(23)34-28(35-27)39-19-30-12-6-14-37(30)15-7-13-30/h3-5,8-11,16,21-22H,6-7,12-15,17-19H2,1-2H3. The topological polar surface area (TPSA) is 57.6 Å². The summed E-state index contributed by atoms with van der Waals surface area (Å²) >= 11 is 6.09. The van der Waals surface area contributed by atoms with Crippen molar-refractivity contribution < 1.29 is 9.13 Å². The van der Waals surface area contributed by atoms with Crippen molar-refractivity contribution in [2.24, 2.45) is 0 Å². The Bertz CT molecular complexity index is 1410. The quantitative estimate of drug-likeness (QED) is 0.310. The summed E-state index contributed by atoms with van der Waals surface area (Å²) in [6.45, 7) is 8.75. The van der Waals surface area contributed by atoms with Crippen LogP contribution in [0.15, 0.2) is 48.7 Å². The summed E-state index contributed by atoms with van der Waals surface area (Å²) < 4.78 is 21.5. The van der Waals surface area contributed by atoms with Gasteiger partial charge in [-0.1, -0.05) is 54.1 Å². The second-order valence-corrected chi connectivity index (χ2v) is 12.3. The lowest BCUT2D eigenvalue weighted by Crippen LogP contribution is -2.60. The molecule has 7 rings (SSSR count). The van der Waals surface area contributed by atoms with E-state index in [2.05, 4.69) is 81.0 Å². The van der Waals surface area contributed by atoms with Crippen LogP contribution in [0.4, 0.5) is 10.2 Å². The number of benzene rings is 1. The van der Waals surface area contributed by atoms with Crippen molar-refractivity contribution in [2.75, 3.05) is 37.7 Å². The van der Waals surface area contributed by atoms with Crippen molar-refractivity contribution in [2.45, 2.75) is 62.7 Å². The number of hydrogen-bond acceptors (Lipinski definition) is 7. The van der Waals surface area contributed by atoms with Gasteiger partial charge in [0.25, 0.3) is 0 Å². The maximum Gasteiger partial charge on any atom is 0.319 e. The molecule has 3 aromatic rings. The van der Waals surface area contributed by atoms with Crippen LogP contribution in [0.2, 0.25) is 5.15 Å². The van der Waals surface area contributed by atoms with Crippen molar-refractivity contribution >= 4 is 28.3 Å². The van der Waals surface area contributed by atoms with Gasteiger partial charge in [0.2, 0.25) is 0 Å². The largest absolute Gasteiger partial charge is 0.461 e. The molecule has 0 amide bonds. The van der Waals surface area contributed by atoms with Crippen LogP contribution in [-0.4, -0.2) is 75.2 Å². The van der Waals surface area contributed by atoms with Crippen LogP contribution in [0, 0.1) is 5.82 Å². The monoisotopic (exact) mass is 548 g/mol. The Morgan fingerprint density at radius 3 is 2.44 bits per heavy atom. The normalized spacial score (nSPS) is 24.6. The minimum Gasteiger partial charge on any atom is -0.461 e. The Morgan fingerprint density at radius 2 is 1.74 bits per heavy atom. The molecule has 0 radical (unpaired) electrons. The van der Waals surface area contributed by atoms with Crippen LogP contribution < -0.4 is 9.64 Å². The lowest BCUT2D eigenvalue weighted by molar-refractivity contribution is 0.0590. The zero-order chi connectivity index (χ0) is 26.8. The molecule has 2 atom stereocenters. The summed E-state index contributed by atoms with van der Waals surface area (Å²) in [6, 6.07) is 11.2. The van der Waals surface area contributed by atoms with E-state index in [0.717, 1.165) is 39.0 Å². The lowest BCUT2D eigenvalue weighted by Gasteiger charge is -2.50. The molecule has 3 fully saturated rings. The number of anilines is 1. The number of hydrogen-bond donors (Lipinski definition) is 0. The van der Waals surface area contributed by atoms with Crippen LogP contribution in [0.5, 0.6) is 6.01 Å². The molecule has 0 saturated carbocycles. The van der Waals surface area contributed by atoms with E-state index >= 15 is 4.39 Å². The van der Waals surface area contributed by atoms with Gasteiger partial charge >= 0.3 is 6.01 Å². The van der Waals surface area contributed by atoms with Gasteiger partial charge < -0.3 is 9.64 Å². The molecular weight excluding hydrogens is 515 g/mol. The number of piperazine rings is 1. The van der Waals surface area contributed by atoms with E-state index in [4.69, 9.17) is 21.3 Å². The van der Waals surface area contributed by atoms with E-state index in [-0.39, 0.29) is 39.8 Å².